The van der Waals surface area contributed by atoms with E-state index < -0.39 is 0 Å². The van der Waals surface area contributed by atoms with E-state index in [4.69, 9.17) is 0 Å². The summed E-state index contributed by atoms with van der Waals surface area (Å²) in [5.41, 5.74) is 2.13. The number of rotatable bonds is 8. The quantitative estimate of drug-likeness (QED) is 0.758. The lowest BCUT2D eigenvalue weighted by Crippen LogP contribution is -2.34. The highest BCUT2D eigenvalue weighted by Crippen LogP contribution is 2.22. The minimum Gasteiger partial charge on any atom is -0.356 e. The summed E-state index contributed by atoms with van der Waals surface area (Å²) in [4.78, 5) is 24.7. The molecular weight excluding hydrogens is 336 g/mol. The lowest BCUT2D eigenvalue weighted by Gasteiger charge is -2.18. The molecule has 2 rings (SSSR count). The van der Waals surface area contributed by atoms with Gasteiger partial charge in [-0.2, -0.15) is 5.10 Å². The molecule has 0 aliphatic rings. The Morgan fingerprint density at radius 1 is 1.36 bits per heavy atom. The molecule has 136 valence electrons. The van der Waals surface area contributed by atoms with E-state index in [0.717, 1.165) is 22.8 Å². The van der Waals surface area contributed by atoms with E-state index in [-0.39, 0.29) is 30.2 Å². The van der Waals surface area contributed by atoms with Gasteiger partial charge >= 0.3 is 0 Å². The molecule has 0 saturated carbocycles. The summed E-state index contributed by atoms with van der Waals surface area (Å²) in [5.74, 6) is 0.0689. The van der Waals surface area contributed by atoms with Gasteiger partial charge in [-0.05, 0) is 37.3 Å². The minimum absolute atomic E-state index is 0.0626. The fourth-order valence-corrected chi connectivity index (χ4v) is 3.50. The highest BCUT2D eigenvalue weighted by Gasteiger charge is 2.18. The minimum atomic E-state index is -0.274. The van der Waals surface area contributed by atoms with Crippen molar-refractivity contribution < 1.29 is 9.59 Å². The number of aromatic nitrogens is 2. The molecule has 0 aliphatic carbocycles. The smallest absolute Gasteiger partial charge is 0.222 e. The van der Waals surface area contributed by atoms with Gasteiger partial charge in [0.1, 0.15) is 0 Å². The summed E-state index contributed by atoms with van der Waals surface area (Å²) in [5, 5.41) is 12.2. The molecule has 25 heavy (non-hydrogen) atoms. The third kappa shape index (κ3) is 6.01. The Kier molecular flexibility index (Phi) is 6.75. The van der Waals surface area contributed by atoms with Crippen molar-refractivity contribution in [2.45, 2.75) is 46.7 Å². The van der Waals surface area contributed by atoms with Gasteiger partial charge in [-0.1, -0.05) is 13.0 Å². The Hall–Kier alpha value is -2.15. The van der Waals surface area contributed by atoms with Crippen molar-refractivity contribution in [2.75, 3.05) is 6.54 Å². The zero-order chi connectivity index (χ0) is 18.4. The predicted octanol–water partition coefficient (Wildman–Crippen LogP) is 2.58. The van der Waals surface area contributed by atoms with E-state index in [9.17, 15) is 9.59 Å². The van der Waals surface area contributed by atoms with Crippen LogP contribution < -0.4 is 10.6 Å². The maximum atomic E-state index is 12.3. The average Bonchev–Trinajstić information content (AvgIpc) is 3.14. The summed E-state index contributed by atoms with van der Waals surface area (Å²) >= 11 is 1.54. The van der Waals surface area contributed by atoms with Crippen LogP contribution in [0.3, 0.4) is 0 Å². The first-order valence-corrected chi connectivity index (χ1v) is 9.31. The molecule has 0 bridgehead atoms. The highest BCUT2D eigenvalue weighted by molar-refractivity contribution is 7.10. The number of thiophene rings is 1. The summed E-state index contributed by atoms with van der Waals surface area (Å²) in [7, 11) is 0. The Bertz CT molecular complexity index is 709. The lowest BCUT2D eigenvalue weighted by molar-refractivity contribution is -0.122. The SMILES string of the molecule is CC(=O)N[C@@H](CC(=O)NC[C@@H](C)Cn1nc(C)cc1C)c1cccs1. The largest absolute Gasteiger partial charge is 0.356 e. The summed E-state index contributed by atoms with van der Waals surface area (Å²) < 4.78 is 1.97. The van der Waals surface area contributed by atoms with Crippen molar-refractivity contribution in [3.8, 4) is 0 Å². The van der Waals surface area contributed by atoms with Crippen LogP contribution in [0, 0.1) is 19.8 Å². The topological polar surface area (TPSA) is 76.0 Å². The van der Waals surface area contributed by atoms with Crippen LogP contribution in [-0.4, -0.2) is 28.1 Å². The molecule has 6 nitrogen and oxygen atoms in total. The molecule has 0 aliphatic heterocycles. The number of aryl methyl sites for hydroxylation is 2. The van der Waals surface area contributed by atoms with Gasteiger partial charge in [0, 0.05) is 30.6 Å². The predicted molar refractivity (Wildman–Crippen MR) is 99.4 cm³/mol. The zero-order valence-corrected chi connectivity index (χ0v) is 16.0. The third-order valence-corrected chi connectivity index (χ3v) is 4.88. The molecule has 7 heteroatoms. The fraction of sp³-hybridized carbons (Fsp3) is 0.500. The summed E-state index contributed by atoms with van der Waals surface area (Å²) in [6, 6.07) is 5.63. The molecule has 2 amide bonds. The molecule has 2 N–H and O–H groups in total. The zero-order valence-electron chi connectivity index (χ0n) is 15.2. The second kappa shape index (κ2) is 8.80. The van der Waals surface area contributed by atoms with Gasteiger partial charge in [-0.25, -0.2) is 0 Å². The Morgan fingerprint density at radius 2 is 2.12 bits per heavy atom. The summed E-state index contributed by atoms with van der Waals surface area (Å²) in [6.45, 7) is 8.90. The standard InChI is InChI=1S/C18H26N4O2S/c1-12(11-22-14(3)8-13(2)21-22)10-19-18(24)9-16(20-15(4)23)17-6-5-7-25-17/h5-8,12,16H,9-11H2,1-4H3,(H,19,24)(H,20,23)/t12-,16+/m1/s1. The molecule has 0 saturated heterocycles. The van der Waals surface area contributed by atoms with Gasteiger partial charge in [-0.3, -0.25) is 14.3 Å². The van der Waals surface area contributed by atoms with E-state index in [2.05, 4.69) is 22.7 Å². The van der Waals surface area contributed by atoms with E-state index in [0.29, 0.717) is 6.54 Å². The lowest BCUT2D eigenvalue weighted by atomic mass is 10.1. The van der Waals surface area contributed by atoms with E-state index in [1.807, 2.05) is 42.1 Å². The molecule has 0 spiro atoms. The number of carbonyl (C=O) groups excluding carboxylic acids is 2. The van der Waals surface area contributed by atoms with Crippen LogP contribution in [0.5, 0.6) is 0 Å². The third-order valence-electron chi connectivity index (χ3n) is 3.89. The van der Waals surface area contributed by atoms with Crippen LogP contribution in [0.1, 0.15) is 42.6 Å². The molecule has 0 unspecified atom stereocenters. The first kappa shape index (κ1) is 19.2. The van der Waals surface area contributed by atoms with Crippen LogP contribution in [0.15, 0.2) is 23.6 Å². The molecule has 2 atom stereocenters. The molecule has 0 fully saturated rings. The van der Waals surface area contributed by atoms with Gasteiger partial charge in [0.05, 0.1) is 18.2 Å². The average molecular weight is 362 g/mol. The van der Waals surface area contributed by atoms with Crippen LogP contribution >= 0.6 is 11.3 Å². The first-order chi connectivity index (χ1) is 11.8. The van der Waals surface area contributed by atoms with Gasteiger partial charge in [0.2, 0.25) is 11.8 Å². The Labute approximate surface area is 152 Å². The van der Waals surface area contributed by atoms with E-state index in [1.54, 1.807) is 0 Å². The van der Waals surface area contributed by atoms with Gasteiger partial charge in [0.25, 0.3) is 0 Å². The molecule has 2 heterocycles. The van der Waals surface area contributed by atoms with Gasteiger partial charge in [-0.15, -0.1) is 11.3 Å². The van der Waals surface area contributed by atoms with Crippen molar-refractivity contribution in [1.82, 2.24) is 20.4 Å². The monoisotopic (exact) mass is 362 g/mol. The maximum Gasteiger partial charge on any atom is 0.222 e. The highest BCUT2D eigenvalue weighted by atomic mass is 32.1. The van der Waals surface area contributed by atoms with Crippen LogP contribution in [0.2, 0.25) is 0 Å². The van der Waals surface area contributed by atoms with Crippen LogP contribution in [0.25, 0.3) is 0 Å². The fourth-order valence-electron chi connectivity index (χ4n) is 2.72. The Balaban J connectivity index is 1.84. The van der Waals surface area contributed by atoms with Crippen LogP contribution in [-0.2, 0) is 16.1 Å². The molecule has 2 aromatic rings. The van der Waals surface area contributed by atoms with Crippen molar-refractivity contribution in [3.05, 3.63) is 39.8 Å². The normalized spacial score (nSPS) is 13.3. The van der Waals surface area contributed by atoms with E-state index >= 15 is 0 Å². The number of nitrogens with one attached hydrogen (secondary N) is 2. The first-order valence-electron chi connectivity index (χ1n) is 8.43. The van der Waals surface area contributed by atoms with Crippen molar-refractivity contribution in [2.24, 2.45) is 5.92 Å². The molecule has 0 aromatic carbocycles. The van der Waals surface area contributed by atoms with Crippen molar-refractivity contribution in [1.29, 1.82) is 0 Å². The molecule has 0 radical (unpaired) electrons. The van der Waals surface area contributed by atoms with E-state index in [1.165, 1.54) is 18.3 Å². The maximum absolute atomic E-state index is 12.3. The van der Waals surface area contributed by atoms with Gasteiger partial charge in [0.15, 0.2) is 0 Å². The molecular formula is C18H26N4O2S. The molecule has 2 aromatic heterocycles. The number of carbonyl (C=O) groups is 2. The van der Waals surface area contributed by atoms with Crippen molar-refractivity contribution in [3.63, 3.8) is 0 Å². The number of nitrogens with zero attached hydrogens (tertiary/aromatic N) is 2. The van der Waals surface area contributed by atoms with Gasteiger partial charge < -0.3 is 10.6 Å². The number of hydrogen-bond donors (Lipinski definition) is 2. The van der Waals surface area contributed by atoms with Crippen LogP contribution in [0.4, 0.5) is 0 Å². The second-order valence-electron chi connectivity index (χ2n) is 6.49. The Morgan fingerprint density at radius 3 is 2.68 bits per heavy atom. The number of hydrogen-bond acceptors (Lipinski definition) is 4. The van der Waals surface area contributed by atoms with Crippen molar-refractivity contribution >= 4 is 23.2 Å². The second-order valence-corrected chi connectivity index (χ2v) is 7.47. The number of amides is 2. The summed E-state index contributed by atoms with van der Waals surface area (Å²) in [6.07, 6.45) is 0.243.